The number of hydrogen-bond donors (Lipinski definition) is 0. The molecule has 2 aromatic heterocycles. The molecule has 0 unspecified atom stereocenters. The summed E-state index contributed by atoms with van der Waals surface area (Å²) in [6.07, 6.45) is 2.40. The zero-order chi connectivity index (χ0) is 21.3. The molecule has 30 heavy (non-hydrogen) atoms. The van der Waals surface area contributed by atoms with Crippen LogP contribution in [0.4, 0.5) is 4.39 Å². The number of aryl methyl sites for hydroxylation is 1. The van der Waals surface area contributed by atoms with Gasteiger partial charge in [0.05, 0.1) is 17.5 Å². The Morgan fingerprint density at radius 2 is 2.13 bits per heavy atom. The number of carbonyl (C=O) groups excluding carboxylic acids is 1. The van der Waals surface area contributed by atoms with Gasteiger partial charge in [-0.2, -0.15) is 0 Å². The molecule has 5 nitrogen and oxygen atoms in total. The van der Waals surface area contributed by atoms with E-state index >= 15 is 0 Å². The van der Waals surface area contributed by atoms with Crippen molar-refractivity contribution in [1.29, 1.82) is 0 Å². The monoisotopic (exact) mass is 463 g/mol. The minimum Gasteiger partial charge on any atom is -0.376 e. The quantitative estimate of drug-likeness (QED) is 0.268. The Morgan fingerprint density at radius 1 is 1.37 bits per heavy atom. The van der Waals surface area contributed by atoms with Crippen LogP contribution >= 0.6 is 35.3 Å². The Morgan fingerprint density at radius 3 is 2.83 bits per heavy atom. The van der Waals surface area contributed by atoms with E-state index in [4.69, 9.17) is 17.0 Å². The number of rotatable bonds is 7. The molecule has 0 aliphatic carbocycles. The summed E-state index contributed by atoms with van der Waals surface area (Å²) in [6.45, 7) is 5.64. The Bertz CT molecular complexity index is 1110. The third-order valence-corrected chi connectivity index (χ3v) is 7.58. The van der Waals surface area contributed by atoms with Gasteiger partial charge in [-0.1, -0.05) is 23.1 Å². The van der Waals surface area contributed by atoms with Crippen molar-refractivity contribution in [2.45, 2.75) is 43.7 Å². The average Bonchev–Trinajstić information content (AvgIpc) is 3.43. The second-order valence-electron chi connectivity index (χ2n) is 7.26. The first-order chi connectivity index (χ1) is 14.4. The third kappa shape index (κ3) is 4.59. The SMILES string of the molecule is Cc1cc(C(=O)CSc2nn(-c3ccc(F)cc3)c(=S)s2)c(C)n1C[C@H]1CCCO1. The second-order valence-corrected chi connectivity index (χ2v) is 10.1. The Hall–Kier alpha value is -1.81. The van der Waals surface area contributed by atoms with E-state index in [1.165, 1.54) is 35.2 Å². The lowest BCUT2D eigenvalue weighted by Crippen LogP contribution is -2.17. The molecule has 3 aromatic rings. The van der Waals surface area contributed by atoms with Crippen LogP contribution in [0.25, 0.3) is 5.69 Å². The molecule has 158 valence electrons. The topological polar surface area (TPSA) is 49.0 Å². The third-order valence-electron chi connectivity index (χ3n) is 5.21. The number of halogens is 1. The molecule has 1 atom stereocenters. The summed E-state index contributed by atoms with van der Waals surface area (Å²) in [4.78, 5) is 12.9. The maximum absolute atomic E-state index is 13.2. The van der Waals surface area contributed by atoms with Crippen molar-refractivity contribution in [3.8, 4) is 5.69 Å². The molecule has 0 amide bonds. The molecule has 0 bridgehead atoms. The first-order valence-corrected chi connectivity index (χ1v) is 11.9. The smallest absolute Gasteiger partial charge is 0.184 e. The van der Waals surface area contributed by atoms with E-state index in [2.05, 4.69) is 9.67 Å². The molecule has 1 aromatic carbocycles. The summed E-state index contributed by atoms with van der Waals surface area (Å²) in [6, 6.07) is 7.98. The number of nitrogens with zero attached hydrogens (tertiary/aromatic N) is 3. The summed E-state index contributed by atoms with van der Waals surface area (Å²) in [5.74, 6) is 0.0505. The number of ketones is 1. The lowest BCUT2D eigenvalue weighted by atomic mass is 10.2. The predicted octanol–water partition coefficient (Wildman–Crippen LogP) is 5.37. The van der Waals surface area contributed by atoms with Crippen LogP contribution in [0.5, 0.6) is 0 Å². The molecule has 0 N–H and O–H groups in total. The van der Waals surface area contributed by atoms with Crippen LogP contribution in [0.3, 0.4) is 0 Å². The van der Waals surface area contributed by atoms with Crippen LogP contribution in [-0.2, 0) is 11.3 Å². The highest BCUT2D eigenvalue weighted by Crippen LogP contribution is 2.27. The molecular weight excluding hydrogens is 441 g/mol. The summed E-state index contributed by atoms with van der Waals surface area (Å²) >= 11 is 8.10. The van der Waals surface area contributed by atoms with E-state index in [0.717, 1.165) is 42.9 Å². The molecule has 0 saturated carbocycles. The van der Waals surface area contributed by atoms with Gasteiger partial charge in [0.2, 0.25) is 0 Å². The van der Waals surface area contributed by atoms with E-state index in [9.17, 15) is 9.18 Å². The number of Topliss-reactive ketones (excluding diaryl/α,β-unsaturated/α-hetero) is 1. The van der Waals surface area contributed by atoms with Gasteiger partial charge in [0.15, 0.2) is 14.1 Å². The van der Waals surface area contributed by atoms with Gasteiger partial charge in [-0.05, 0) is 69.2 Å². The van der Waals surface area contributed by atoms with Gasteiger partial charge >= 0.3 is 0 Å². The number of ether oxygens (including phenoxy) is 1. The Labute approximate surface area is 187 Å². The van der Waals surface area contributed by atoms with Crippen LogP contribution in [0, 0.1) is 23.6 Å². The minimum atomic E-state index is -0.308. The van der Waals surface area contributed by atoms with Crippen molar-refractivity contribution in [3.63, 3.8) is 0 Å². The Balaban J connectivity index is 1.44. The first kappa shape index (κ1) is 21.4. The molecule has 1 fully saturated rings. The minimum absolute atomic E-state index is 0.0705. The van der Waals surface area contributed by atoms with Gasteiger partial charge in [0, 0.05) is 30.1 Å². The normalized spacial score (nSPS) is 16.3. The van der Waals surface area contributed by atoms with E-state index < -0.39 is 0 Å². The van der Waals surface area contributed by atoms with Gasteiger partial charge in [-0.15, -0.1) is 5.10 Å². The maximum Gasteiger partial charge on any atom is 0.184 e. The number of thioether (sulfide) groups is 1. The van der Waals surface area contributed by atoms with Crippen molar-refractivity contribution in [2.24, 2.45) is 0 Å². The standard InChI is InChI=1S/C21H22FN3O2S3/c1-13-10-18(14(2)24(13)11-17-4-3-9-27-17)19(26)12-29-20-23-25(21(28)30-20)16-7-5-15(22)6-8-16/h5-8,10,17H,3-4,9,11-12H2,1-2H3/t17-/m1/s1. The summed E-state index contributed by atoms with van der Waals surface area (Å²) in [7, 11) is 0. The highest BCUT2D eigenvalue weighted by Gasteiger charge is 2.21. The molecular formula is C21H22FN3O2S3. The highest BCUT2D eigenvalue weighted by molar-refractivity contribution is 8.01. The Kier molecular flexibility index (Phi) is 6.52. The van der Waals surface area contributed by atoms with E-state index in [-0.39, 0.29) is 23.5 Å². The summed E-state index contributed by atoms with van der Waals surface area (Å²) in [5.41, 5.74) is 3.51. The van der Waals surface area contributed by atoms with Crippen LogP contribution < -0.4 is 0 Å². The number of aromatic nitrogens is 3. The molecule has 9 heteroatoms. The van der Waals surface area contributed by atoms with E-state index in [0.29, 0.717) is 14.0 Å². The van der Waals surface area contributed by atoms with Gasteiger partial charge in [-0.3, -0.25) is 4.79 Å². The molecule has 0 spiro atoms. The maximum atomic E-state index is 13.2. The summed E-state index contributed by atoms with van der Waals surface area (Å²) in [5, 5.41) is 4.49. The van der Waals surface area contributed by atoms with Crippen molar-refractivity contribution in [2.75, 3.05) is 12.4 Å². The number of carbonyl (C=O) groups is 1. The number of hydrogen-bond acceptors (Lipinski definition) is 6. The predicted molar refractivity (Wildman–Crippen MR) is 120 cm³/mol. The first-order valence-electron chi connectivity index (χ1n) is 9.73. The fraction of sp³-hybridized carbons (Fsp3) is 0.381. The fourth-order valence-corrected chi connectivity index (χ4v) is 5.87. The largest absolute Gasteiger partial charge is 0.376 e. The second kappa shape index (κ2) is 9.13. The van der Waals surface area contributed by atoms with Crippen LogP contribution in [0.1, 0.15) is 34.6 Å². The van der Waals surface area contributed by atoms with Crippen molar-refractivity contribution < 1.29 is 13.9 Å². The van der Waals surface area contributed by atoms with Crippen LogP contribution in [0.15, 0.2) is 34.7 Å². The molecule has 1 saturated heterocycles. The van der Waals surface area contributed by atoms with Gasteiger partial charge < -0.3 is 9.30 Å². The molecule has 1 aliphatic rings. The van der Waals surface area contributed by atoms with Crippen molar-refractivity contribution in [1.82, 2.24) is 14.3 Å². The van der Waals surface area contributed by atoms with E-state index in [1.807, 2.05) is 19.9 Å². The molecule has 3 heterocycles. The van der Waals surface area contributed by atoms with Gasteiger partial charge in [0.25, 0.3) is 0 Å². The molecule has 1 aliphatic heterocycles. The van der Waals surface area contributed by atoms with Crippen LogP contribution in [-0.4, -0.2) is 38.6 Å². The lowest BCUT2D eigenvalue weighted by molar-refractivity contribution is 0.0957. The van der Waals surface area contributed by atoms with Crippen molar-refractivity contribution in [3.05, 3.63) is 57.1 Å². The molecule has 0 radical (unpaired) electrons. The van der Waals surface area contributed by atoms with Gasteiger partial charge in [0.1, 0.15) is 5.82 Å². The fourth-order valence-electron chi connectivity index (χ4n) is 3.63. The van der Waals surface area contributed by atoms with Crippen LogP contribution in [0.2, 0.25) is 0 Å². The van der Waals surface area contributed by atoms with Crippen molar-refractivity contribution >= 4 is 41.1 Å². The zero-order valence-electron chi connectivity index (χ0n) is 16.8. The van der Waals surface area contributed by atoms with E-state index in [1.54, 1.807) is 16.8 Å². The lowest BCUT2D eigenvalue weighted by Gasteiger charge is -2.14. The van der Waals surface area contributed by atoms with Gasteiger partial charge in [-0.25, -0.2) is 9.07 Å². The molecule has 4 rings (SSSR count). The highest BCUT2D eigenvalue weighted by atomic mass is 32.2. The number of benzene rings is 1. The zero-order valence-corrected chi connectivity index (χ0v) is 19.2. The summed E-state index contributed by atoms with van der Waals surface area (Å²) < 4.78 is 24.0. The average molecular weight is 464 g/mol.